The monoisotopic (exact) mass is 345 g/mol. The van der Waals surface area contributed by atoms with E-state index >= 15 is 0 Å². The Morgan fingerprint density at radius 2 is 1.46 bits per heavy atom. The summed E-state index contributed by atoms with van der Waals surface area (Å²) in [4.78, 5) is 0. The van der Waals surface area contributed by atoms with Crippen LogP contribution in [0.1, 0.15) is 65.2 Å². The molecule has 0 spiro atoms. The van der Waals surface area contributed by atoms with Crippen LogP contribution in [-0.2, 0) is 0 Å². The molecule has 0 aliphatic rings. The fraction of sp³-hybridized carbons (Fsp3) is 0.684. The second-order valence-corrected chi connectivity index (χ2v) is 6.23. The second kappa shape index (κ2) is 11.2. The minimum absolute atomic E-state index is 0.234. The summed E-state index contributed by atoms with van der Waals surface area (Å²) in [6.07, 6.45) is 4.06. The lowest BCUT2D eigenvalue weighted by Gasteiger charge is -2.17. The highest BCUT2D eigenvalue weighted by Crippen LogP contribution is 2.25. The Labute approximate surface area is 143 Å². The maximum absolute atomic E-state index is 12.4. The number of unbranched alkanes of at least 4 members (excludes halogenated alkanes) is 7. The smallest absolute Gasteiger partial charge is 0.425 e. The van der Waals surface area contributed by atoms with E-state index in [1.165, 1.54) is 44.9 Å². The molecule has 1 aromatic rings. The van der Waals surface area contributed by atoms with E-state index in [4.69, 9.17) is 4.74 Å². The Balaban J connectivity index is 2.14. The number of benzene rings is 1. The summed E-state index contributed by atoms with van der Waals surface area (Å²) >= 11 is 0. The standard InChI is InChI=1S/C19H30F3NO/c1-3-4-5-6-7-8-9-10-15-23-17-11-13-18(14-12-17)24-16(2)19(20,21)22/h11-14,16,23H,3-10,15H2,1-2H3. The predicted octanol–water partition coefficient (Wildman–Crippen LogP) is 6.57. The van der Waals surface area contributed by atoms with Crippen molar-refractivity contribution < 1.29 is 17.9 Å². The van der Waals surface area contributed by atoms with Crippen LogP contribution in [0.4, 0.5) is 18.9 Å². The molecule has 0 saturated heterocycles. The molecule has 138 valence electrons. The van der Waals surface area contributed by atoms with Crippen molar-refractivity contribution in [3.05, 3.63) is 24.3 Å². The van der Waals surface area contributed by atoms with Crippen molar-refractivity contribution in [2.45, 2.75) is 77.5 Å². The molecule has 0 saturated carbocycles. The van der Waals surface area contributed by atoms with E-state index in [1.54, 1.807) is 24.3 Å². The van der Waals surface area contributed by atoms with E-state index in [0.29, 0.717) is 0 Å². The maximum atomic E-state index is 12.4. The van der Waals surface area contributed by atoms with Crippen molar-refractivity contribution in [1.82, 2.24) is 0 Å². The van der Waals surface area contributed by atoms with Gasteiger partial charge in [-0.15, -0.1) is 0 Å². The van der Waals surface area contributed by atoms with Gasteiger partial charge in [0.2, 0.25) is 0 Å². The minimum atomic E-state index is -4.34. The average molecular weight is 345 g/mol. The maximum Gasteiger partial charge on any atom is 0.425 e. The van der Waals surface area contributed by atoms with Crippen LogP contribution in [0.2, 0.25) is 0 Å². The number of ether oxygens (including phenoxy) is 1. The highest BCUT2D eigenvalue weighted by atomic mass is 19.4. The van der Waals surface area contributed by atoms with E-state index in [1.807, 2.05) is 0 Å². The molecule has 0 fully saturated rings. The first kappa shape index (κ1) is 20.7. The first-order valence-electron chi connectivity index (χ1n) is 9.00. The van der Waals surface area contributed by atoms with Crippen molar-refractivity contribution in [3.63, 3.8) is 0 Å². The van der Waals surface area contributed by atoms with Gasteiger partial charge in [-0.2, -0.15) is 13.2 Å². The van der Waals surface area contributed by atoms with Crippen LogP contribution in [0.5, 0.6) is 5.75 Å². The zero-order valence-corrected chi connectivity index (χ0v) is 14.8. The SMILES string of the molecule is CCCCCCCCCCNc1ccc(OC(C)C(F)(F)F)cc1. The Kier molecular flexibility index (Phi) is 9.65. The van der Waals surface area contributed by atoms with E-state index in [9.17, 15) is 13.2 Å². The first-order chi connectivity index (χ1) is 11.4. The molecule has 1 aromatic carbocycles. The summed E-state index contributed by atoms with van der Waals surface area (Å²) in [5.41, 5.74) is 0.907. The van der Waals surface area contributed by atoms with Crippen molar-refractivity contribution in [2.75, 3.05) is 11.9 Å². The van der Waals surface area contributed by atoms with Gasteiger partial charge in [0, 0.05) is 12.2 Å². The number of rotatable bonds is 12. The lowest BCUT2D eigenvalue weighted by Crippen LogP contribution is -2.31. The molecule has 1 atom stereocenters. The lowest BCUT2D eigenvalue weighted by atomic mass is 10.1. The van der Waals surface area contributed by atoms with Gasteiger partial charge in [-0.05, 0) is 37.6 Å². The predicted molar refractivity (Wildman–Crippen MR) is 93.7 cm³/mol. The molecular weight excluding hydrogens is 315 g/mol. The second-order valence-electron chi connectivity index (χ2n) is 6.23. The molecule has 0 heterocycles. The number of nitrogens with one attached hydrogen (secondary N) is 1. The molecule has 5 heteroatoms. The number of alkyl halides is 3. The summed E-state index contributed by atoms with van der Waals surface area (Å²) in [7, 11) is 0. The molecule has 1 N–H and O–H groups in total. The van der Waals surface area contributed by atoms with Gasteiger partial charge >= 0.3 is 6.18 Å². The topological polar surface area (TPSA) is 21.3 Å². The number of hydrogen-bond acceptors (Lipinski definition) is 2. The quantitative estimate of drug-likeness (QED) is 0.433. The van der Waals surface area contributed by atoms with Crippen LogP contribution in [-0.4, -0.2) is 18.8 Å². The summed E-state index contributed by atoms with van der Waals surface area (Å²) in [6, 6.07) is 6.64. The molecule has 0 bridgehead atoms. The summed E-state index contributed by atoms with van der Waals surface area (Å²) < 4.78 is 42.2. The average Bonchev–Trinajstić information content (AvgIpc) is 2.54. The zero-order chi connectivity index (χ0) is 17.8. The fourth-order valence-electron chi connectivity index (χ4n) is 2.41. The third-order valence-corrected chi connectivity index (χ3v) is 3.99. The van der Waals surface area contributed by atoms with Crippen LogP contribution in [0, 0.1) is 0 Å². The Morgan fingerprint density at radius 1 is 0.917 bits per heavy atom. The van der Waals surface area contributed by atoms with E-state index in [0.717, 1.165) is 25.6 Å². The molecule has 0 aliphatic carbocycles. The van der Waals surface area contributed by atoms with Gasteiger partial charge in [-0.1, -0.05) is 51.9 Å². The van der Waals surface area contributed by atoms with Crippen LogP contribution < -0.4 is 10.1 Å². The molecular formula is C19H30F3NO. The fourth-order valence-corrected chi connectivity index (χ4v) is 2.41. The van der Waals surface area contributed by atoms with Crippen LogP contribution in [0.25, 0.3) is 0 Å². The highest BCUT2D eigenvalue weighted by molar-refractivity contribution is 5.46. The molecule has 0 aliphatic heterocycles. The largest absolute Gasteiger partial charge is 0.481 e. The minimum Gasteiger partial charge on any atom is -0.481 e. The number of hydrogen-bond donors (Lipinski definition) is 1. The van der Waals surface area contributed by atoms with Gasteiger partial charge in [0.1, 0.15) is 5.75 Å². The van der Waals surface area contributed by atoms with E-state index in [2.05, 4.69) is 12.2 Å². The molecule has 24 heavy (non-hydrogen) atoms. The van der Waals surface area contributed by atoms with E-state index in [-0.39, 0.29) is 5.75 Å². The normalized spacial score (nSPS) is 12.9. The summed E-state index contributed by atoms with van der Waals surface area (Å²) in [6.45, 7) is 4.11. The molecule has 2 nitrogen and oxygen atoms in total. The third kappa shape index (κ3) is 9.04. The molecule has 0 radical (unpaired) electrons. The van der Waals surface area contributed by atoms with E-state index < -0.39 is 12.3 Å². The first-order valence-corrected chi connectivity index (χ1v) is 9.00. The van der Waals surface area contributed by atoms with Crippen molar-refractivity contribution in [2.24, 2.45) is 0 Å². The summed E-state index contributed by atoms with van der Waals surface area (Å²) in [5, 5.41) is 3.29. The highest BCUT2D eigenvalue weighted by Gasteiger charge is 2.37. The zero-order valence-electron chi connectivity index (χ0n) is 14.8. The van der Waals surface area contributed by atoms with Crippen molar-refractivity contribution >= 4 is 5.69 Å². The van der Waals surface area contributed by atoms with Gasteiger partial charge in [0.05, 0.1) is 0 Å². The number of halogens is 3. The van der Waals surface area contributed by atoms with Gasteiger partial charge in [0.25, 0.3) is 0 Å². The third-order valence-electron chi connectivity index (χ3n) is 3.99. The Bertz CT molecular complexity index is 431. The molecule has 0 aromatic heterocycles. The lowest BCUT2D eigenvalue weighted by molar-refractivity contribution is -0.189. The van der Waals surface area contributed by atoms with Gasteiger partial charge in [-0.3, -0.25) is 0 Å². The summed E-state index contributed by atoms with van der Waals surface area (Å²) in [5.74, 6) is 0.234. The number of anilines is 1. The molecule has 1 rings (SSSR count). The van der Waals surface area contributed by atoms with Crippen LogP contribution >= 0.6 is 0 Å². The van der Waals surface area contributed by atoms with Crippen LogP contribution in [0.3, 0.4) is 0 Å². The molecule has 0 amide bonds. The van der Waals surface area contributed by atoms with Gasteiger partial charge < -0.3 is 10.1 Å². The molecule has 1 unspecified atom stereocenters. The van der Waals surface area contributed by atoms with Crippen molar-refractivity contribution in [1.29, 1.82) is 0 Å². The van der Waals surface area contributed by atoms with Gasteiger partial charge in [-0.25, -0.2) is 0 Å². The van der Waals surface area contributed by atoms with Gasteiger partial charge in [0.15, 0.2) is 6.10 Å². The van der Waals surface area contributed by atoms with Crippen LogP contribution in [0.15, 0.2) is 24.3 Å². The Hall–Kier alpha value is -1.39. The Morgan fingerprint density at radius 3 is 2.00 bits per heavy atom. The van der Waals surface area contributed by atoms with Crippen molar-refractivity contribution in [3.8, 4) is 5.75 Å².